The molecule has 1 amide bonds. The largest absolute Gasteiger partial charge is 0.336 e. The molecule has 80 valence electrons. The summed E-state index contributed by atoms with van der Waals surface area (Å²) in [5.41, 5.74) is -0.0907. The van der Waals surface area contributed by atoms with Gasteiger partial charge in [0.1, 0.15) is 0 Å². The fourth-order valence-electron chi connectivity index (χ4n) is 1.88. The van der Waals surface area contributed by atoms with Gasteiger partial charge < -0.3 is 4.90 Å². The zero-order chi connectivity index (χ0) is 10.9. The van der Waals surface area contributed by atoms with Crippen molar-refractivity contribution in [3.63, 3.8) is 0 Å². The van der Waals surface area contributed by atoms with Gasteiger partial charge in [-0.05, 0) is 12.3 Å². The van der Waals surface area contributed by atoms with Crippen LogP contribution in [0.4, 0.5) is 0 Å². The Bertz CT molecular complexity index is 253. The Hall–Kier alpha value is -0.860. The van der Waals surface area contributed by atoms with Crippen LogP contribution >= 0.6 is 0 Å². The normalized spacial score (nSPS) is 24.3. The predicted octanol–water partition coefficient (Wildman–Crippen LogP) is 1.47. The lowest BCUT2D eigenvalue weighted by Gasteiger charge is -2.36. The molecule has 0 aliphatic carbocycles. The molecular weight excluding hydrogens is 178 g/mol. The summed E-state index contributed by atoms with van der Waals surface area (Å²) < 4.78 is 0. The lowest BCUT2D eigenvalue weighted by Crippen LogP contribution is -2.48. The van der Waals surface area contributed by atoms with Crippen LogP contribution in [0.25, 0.3) is 0 Å². The molecule has 0 aromatic rings. The Balaban J connectivity index is 2.77. The lowest BCUT2D eigenvalue weighted by molar-refractivity contribution is -0.146. The van der Waals surface area contributed by atoms with Crippen molar-refractivity contribution in [1.82, 2.24) is 4.90 Å². The molecule has 0 bridgehead atoms. The lowest BCUT2D eigenvalue weighted by atomic mass is 9.74. The number of rotatable bonds is 1. The van der Waals surface area contributed by atoms with E-state index in [-0.39, 0.29) is 23.0 Å². The second-order valence-corrected chi connectivity index (χ2v) is 5.00. The van der Waals surface area contributed by atoms with Gasteiger partial charge in [0.25, 0.3) is 0 Å². The molecule has 1 fully saturated rings. The summed E-state index contributed by atoms with van der Waals surface area (Å²) in [6.45, 7) is 8.90. The number of likely N-dealkylation sites (N-methyl/N-ethyl adjacent to an activating group) is 1. The van der Waals surface area contributed by atoms with Crippen LogP contribution in [-0.4, -0.2) is 29.7 Å². The number of nitrogens with zero attached hydrogens (tertiary/aromatic N) is 1. The molecule has 0 spiro atoms. The summed E-state index contributed by atoms with van der Waals surface area (Å²) in [7, 11) is 0. The predicted molar refractivity (Wildman–Crippen MR) is 54.8 cm³/mol. The summed E-state index contributed by atoms with van der Waals surface area (Å²) in [4.78, 5) is 25.0. The number of amides is 1. The second-order valence-electron chi connectivity index (χ2n) is 5.00. The molecule has 0 N–H and O–H groups in total. The van der Waals surface area contributed by atoms with Crippen LogP contribution in [0.5, 0.6) is 0 Å². The highest BCUT2D eigenvalue weighted by molar-refractivity contribution is 5.95. The van der Waals surface area contributed by atoms with Gasteiger partial charge in [-0.25, -0.2) is 0 Å². The van der Waals surface area contributed by atoms with Crippen molar-refractivity contribution in [1.29, 1.82) is 0 Å². The van der Waals surface area contributed by atoms with Crippen molar-refractivity contribution in [3.8, 4) is 0 Å². The van der Waals surface area contributed by atoms with Crippen LogP contribution in [0, 0.1) is 11.3 Å². The molecule has 0 aromatic carbocycles. The van der Waals surface area contributed by atoms with Gasteiger partial charge in [-0.1, -0.05) is 20.8 Å². The molecule has 1 heterocycles. The summed E-state index contributed by atoms with van der Waals surface area (Å²) in [6, 6.07) is 0. The third-order valence-corrected chi connectivity index (χ3v) is 2.89. The van der Waals surface area contributed by atoms with Crippen LogP contribution in [0.15, 0.2) is 0 Å². The maximum Gasteiger partial charge on any atom is 0.223 e. The topological polar surface area (TPSA) is 37.4 Å². The summed E-state index contributed by atoms with van der Waals surface area (Å²) >= 11 is 0. The van der Waals surface area contributed by atoms with E-state index in [0.717, 1.165) is 0 Å². The van der Waals surface area contributed by atoms with Crippen molar-refractivity contribution >= 4 is 11.7 Å². The summed E-state index contributed by atoms with van der Waals surface area (Å²) in [5, 5.41) is 0. The summed E-state index contributed by atoms with van der Waals surface area (Å²) in [5.74, 6) is 0.226. The fourth-order valence-corrected chi connectivity index (χ4v) is 1.88. The molecule has 1 rings (SSSR count). The maximum absolute atomic E-state index is 11.8. The Morgan fingerprint density at radius 1 is 1.36 bits per heavy atom. The number of Topliss-reactive ketones (excluding diaryl/α,β-unsaturated/α-hetero) is 1. The number of carbonyl (C=O) groups is 2. The van der Waals surface area contributed by atoms with Crippen molar-refractivity contribution < 1.29 is 9.59 Å². The highest BCUT2D eigenvalue weighted by Gasteiger charge is 2.38. The molecular formula is C11H19NO2. The average Bonchev–Trinajstić information content (AvgIpc) is 2.06. The number of likely N-dealkylation sites (tertiary alicyclic amines) is 1. The third-order valence-electron chi connectivity index (χ3n) is 2.89. The SMILES string of the molecule is CCN1CC(=O)C(C(C)(C)C)CC1=O. The van der Waals surface area contributed by atoms with E-state index < -0.39 is 0 Å². The first-order chi connectivity index (χ1) is 6.36. The van der Waals surface area contributed by atoms with Crippen molar-refractivity contribution in [3.05, 3.63) is 0 Å². The first-order valence-corrected chi connectivity index (χ1v) is 5.16. The minimum atomic E-state index is -0.0993. The van der Waals surface area contributed by atoms with E-state index in [2.05, 4.69) is 0 Å². The highest BCUT2D eigenvalue weighted by atomic mass is 16.2. The molecule has 1 unspecified atom stereocenters. The fraction of sp³-hybridized carbons (Fsp3) is 0.818. The van der Waals surface area contributed by atoms with Gasteiger partial charge in [0.05, 0.1) is 6.54 Å². The van der Waals surface area contributed by atoms with Crippen LogP contribution in [-0.2, 0) is 9.59 Å². The van der Waals surface area contributed by atoms with Crippen molar-refractivity contribution in [2.24, 2.45) is 11.3 Å². The van der Waals surface area contributed by atoms with Crippen LogP contribution in [0.3, 0.4) is 0 Å². The molecule has 3 nitrogen and oxygen atoms in total. The molecule has 14 heavy (non-hydrogen) atoms. The van der Waals surface area contributed by atoms with Crippen molar-refractivity contribution in [2.45, 2.75) is 34.1 Å². The van der Waals surface area contributed by atoms with Gasteiger partial charge in [-0.15, -0.1) is 0 Å². The van der Waals surface area contributed by atoms with Crippen LogP contribution in [0.2, 0.25) is 0 Å². The third kappa shape index (κ3) is 2.14. The van der Waals surface area contributed by atoms with E-state index >= 15 is 0 Å². The molecule has 1 atom stereocenters. The maximum atomic E-state index is 11.8. The van der Waals surface area contributed by atoms with Crippen LogP contribution in [0.1, 0.15) is 34.1 Å². The quantitative estimate of drug-likeness (QED) is 0.638. The number of hydrogen-bond donors (Lipinski definition) is 0. The minimum Gasteiger partial charge on any atom is -0.336 e. The Labute approximate surface area is 85.5 Å². The van der Waals surface area contributed by atoms with Gasteiger partial charge in [0.2, 0.25) is 5.91 Å². The molecule has 1 saturated heterocycles. The minimum absolute atomic E-state index is 0.0907. The molecule has 1 aliphatic rings. The Kier molecular flexibility index (Phi) is 2.98. The first kappa shape index (κ1) is 11.2. The molecule has 0 aromatic heterocycles. The second kappa shape index (κ2) is 3.71. The van der Waals surface area contributed by atoms with E-state index in [1.807, 2.05) is 27.7 Å². The van der Waals surface area contributed by atoms with E-state index in [1.54, 1.807) is 4.90 Å². The number of ketones is 1. The number of piperidine rings is 1. The molecule has 0 radical (unpaired) electrons. The van der Waals surface area contributed by atoms with Crippen molar-refractivity contribution in [2.75, 3.05) is 13.1 Å². The van der Waals surface area contributed by atoms with E-state index in [1.165, 1.54) is 0 Å². The highest BCUT2D eigenvalue weighted by Crippen LogP contribution is 2.32. The Morgan fingerprint density at radius 2 is 1.93 bits per heavy atom. The standard InChI is InChI=1S/C11H19NO2/c1-5-12-7-9(13)8(6-10(12)14)11(2,3)4/h8H,5-7H2,1-4H3. The van der Waals surface area contributed by atoms with Crippen LogP contribution < -0.4 is 0 Å². The average molecular weight is 197 g/mol. The molecule has 3 heteroatoms. The van der Waals surface area contributed by atoms with E-state index in [0.29, 0.717) is 19.5 Å². The number of hydrogen-bond acceptors (Lipinski definition) is 2. The zero-order valence-electron chi connectivity index (χ0n) is 9.46. The smallest absolute Gasteiger partial charge is 0.223 e. The number of carbonyl (C=O) groups excluding carboxylic acids is 2. The van der Waals surface area contributed by atoms with E-state index in [4.69, 9.17) is 0 Å². The summed E-state index contributed by atoms with van der Waals surface area (Å²) in [6.07, 6.45) is 0.385. The van der Waals surface area contributed by atoms with Gasteiger partial charge >= 0.3 is 0 Å². The van der Waals surface area contributed by atoms with Gasteiger partial charge in [0.15, 0.2) is 5.78 Å². The monoisotopic (exact) mass is 197 g/mol. The zero-order valence-corrected chi connectivity index (χ0v) is 9.46. The molecule has 1 aliphatic heterocycles. The van der Waals surface area contributed by atoms with Gasteiger partial charge in [0, 0.05) is 18.9 Å². The molecule has 0 saturated carbocycles. The van der Waals surface area contributed by atoms with Gasteiger partial charge in [-0.2, -0.15) is 0 Å². The van der Waals surface area contributed by atoms with E-state index in [9.17, 15) is 9.59 Å². The first-order valence-electron chi connectivity index (χ1n) is 5.16. The Morgan fingerprint density at radius 3 is 2.36 bits per heavy atom. The van der Waals surface area contributed by atoms with Gasteiger partial charge in [-0.3, -0.25) is 9.59 Å².